The van der Waals surface area contributed by atoms with Crippen LogP contribution in [0.5, 0.6) is 0 Å². The Morgan fingerprint density at radius 2 is 1.68 bits per heavy atom. The Morgan fingerprint density at radius 1 is 1.21 bits per heavy atom. The lowest BCUT2D eigenvalue weighted by atomic mass is 9.81. The number of rotatable bonds is 3. The Morgan fingerprint density at radius 3 is 2.05 bits per heavy atom. The van der Waals surface area contributed by atoms with Crippen molar-refractivity contribution in [3.05, 3.63) is 28.8 Å². The Hall–Kier alpha value is -0.960. The lowest BCUT2D eigenvalue weighted by Gasteiger charge is -2.24. The van der Waals surface area contributed by atoms with Gasteiger partial charge in [0.15, 0.2) is 4.90 Å². The van der Waals surface area contributed by atoms with E-state index in [1.54, 1.807) is 0 Å². The highest BCUT2D eigenvalue weighted by Gasteiger charge is 2.24. The molecule has 0 heterocycles. The number of benzene rings is 1. The average molecular weight is 281 g/mol. The van der Waals surface area contributed by atoms with Crippen LogP contribution in [-0.2, 0) is 25.8 Å². The van der Waals surface area contributed by atoms with Crippen LogP contribution in [0.15, 0.2) is 17.0 Å². The maximum atomic E-state index is 10.9. The molecular weight excluding hydrogens is 256 g/mol. The molecule has 1 aromatic rings. The van der Waals surface area contributed by atoms with Crippen molar-refractivity contribution in [2.24, 2.45) is 0 Å². The molecule has 0 amide bonds. The molecule has 0 aromatic heterocycles. The van der Waals surface area contributed by atoms with Gasteiger partial charge in [-0.3, -0.25) is 4.79 Å². The van der Waals surface area contributed by atoms with E-state index in [1.807, 2.05) is 0 Å². The van der Waals surface area contributed by atoms with E-state index in [1.165, 1.54) is 28.5 Å². The van der Waals surface area contributed by atoms with Gasteiger partial charge in [-0.25, -0.2) is 0 Å². The molecule has 1 rings (SSSR count). The first-order valence-electron chi connectivity index (χ1n) is 6.50. The molecule has 1 atom stereocenters. The van der Waals surface area contributed by atoms with Gasteiger partial charge in [0.2, 0.25) is 0 Å². The Kier molecular flexibility index (Phi) is 5.08. The number of hydrogen-bond donors (Lipinski definition) is 0. The van der Waals surface area contributed by atoms with Crippen molar-refractivity contribution < 1.29 is 9.53 Å². The second-order valence-corrected chi connectivity index (χ2v) is 8.05. The summed E-state index contributed by atoms with van der Waals surface area (Å²) >= 11 is 0. The molecular formula is C16H25O2S+. The van der Waals surface area contributed by atoms with E-state index in [-0.39, 0.29) is 22.3 Å². The molecule has 0 N–H and O–H groups in total. The Bertz CT molecular complexity index is 449. The maximum Gasteiger partial charge on any atom is 0.306 e. The van der Waals surface area contributed by atoms with Crippen molar-refractivity contribution in [1.29, 1.82) is 0 Å². The van der Waals surface area contributed by atoms with Crippen molar-refractivity contribution in [2.75, 3.05) is 12.2 Å². The highest BCUT2D eigenvalue weighted by Crippen LogP contribution is 2.31. The van der Waals surface area contributed by atoms with E-state index in [9.17, 15) is 4.79 Å². The van der Waals surface area contributed by atoms with E-state index < -0.39 is 0 Å². The third kappa shape index (κ3) is 4.27. The minimum atomic E-state index is -0.209. The van der Waals surface area contributed by atoms with Crippen LogP contribution in [-0.4, -0.2) is 18.2 Å². The standard InChI is InChI=1S/C16H25O2S/c1-11-8-14(19(7)10-18-13(3)17)9-12(2)15(11)16(4,5)6/h8-9H,10H2,1-7H3/q+1. The summed E-state index contributed by atoms with van der Waals surface area (Å²) in [7, 11) is -0.0526. The van der Waals surface area contributed by atoms with Crippen LogP contribution in [0.25, 0.3) is 0 Å². The van der Waals surface area contributed by atoms with Crippen molar-refractivity contribution >= 4 is 16.9 Å². The third-order valence-corrected chi connectivity index (χ3v) is 4.61. The molecule has 1 unspecified atom stereocenters. The summed E-state index contributed by atoms with van der Waals surface area (Å²) in [5.41, 5.74) is 4.23. The second-order valence-electron chi connectivity index (χ2n) is 6.07. The highest BCUT2D eigenvalue weighted by atomic mass is 32.2. The molecule has 0 aliphatic heterocycles. The summed E-state index contributed by atoms with van der Waals surface area (Å²) < 4.78 is 5.11. The van der Waals surface area contributed by atoms with Gasteiger partial charge in [0.1, 0.15) is 6.26 Å². The van der Waals surface area contributed by atoms with Crippen LogP contribution in [0.2, 0.25) is 0 Å². The van der Waals surface area contributed by atoms with Crippen LogP contribution < -0.4 is 0 Å². The minimum Gasteiger partial charge on any atom is -0.418 e. The second kappa shape index (κ2) is 6.00. The summed E-state index contributed by atoms with van der Waals surface area (Å²) in [4.78, 5) is 12.1. The molecule has 19 heavy (non-hydrogen) atoms. The molecule has 0 spiro atoms. The van der Waals surface area contributed by atoms with Gasteiger partial charge in [-0.15, -0.1) is 0 Å². The van der Waals surface area contributed by atoms with E-state index in [4.69, 9.17) is 4.74 Å². The molecule has 106 valence electrons. The zero-order chi connectivity index (χ0) is 14.8. The van der Waals surface area contributed by atoms with E-state index >= 15 is 0 Å². The van der Waals surface area contributed by atoms with Gasteiger partial charge in [0, 0.05) is 6.92 Å². The van der Waals surface area contributed by atoms with Crippen LogP contribution in [0, 0.1) is 13.8 Å². The van der Waals surface area contributed by atoms with Gasteiger partial charge in [0.05, 0.1) is 10.9 Å². The van der Waals surface area contributed by atoms with Crippen molar-refractivity contribution in [2.45, 2.75) is 51.9 Å². The Balaban J connectivity index is 3.04. The quantitative estimate of drug-likeness (QED) is 0.623. The molecule has 0 bridgehead atoms. The van der Waals surface area contributed by atoms with Crippen LogP contribution in [0.1, 0.15) is 44.4 Å². The van der Waals surface area contributed by atoms with Gasteiger partial charge in [-0.05, 0) is 48.1 Å². The predicted octanol–water partition coefficient (Wildman–Crippen LogP) is 3.73. The minimum absolute atomic E-state index is 0.0526. The van der Waals surface area contributed by atoms with Crippen molar-refractivity contribution in [3.8, 4) is 0 Å². The normalized spacial score (nSPS) is 13.2. The zero-order valence-corrected chi connectivity index (χ0v) is 13.9. The third-order valence-electron chi connectivity index (χ3n) is 3.10. The molecule has 0 aliphatic rings. The maximum absolute atomic E-state index is 10.9. The van der Waals surface area contributed by atoms with Crippen LogP contribution >= 0.6 is 0 Å². The lowest BCUT2D eigenvalue weighted by molar-refractivity contribution is -0.138. The zero-order valence-electron chi connectivity index (χ0n) is 13.1. The molecule has 0 fully saturated rings. The smallest absolute Gasteiger partial charge is 0.306 e. The monoisotopic (exact) mass is 281 g/mol. The molecule has 1 aromatic carbocycles. The number of ether oxygens (including phenoxy) is 1. The molecule has 0 saturated heterocycles. The lowest BCUT2D eigenvalue weighted by Crippen LogP contribution is -2.17. The molecule has 0 saturated carbocycles. The van der Waals surface area contributed by atoms with E-state index in [0.717, 1.165) is 0 Å². The van der Waals surface area contributed by atoms with Gasteiger partial charge >= 0.3 is 5.97 Å². The van der Waals surface area contributed by atoms with E-state index in [0.29, 0.717) is 5.94 Å². The number of carbonyl (C=O) groups excluding carboxylic acids is 1. The van der Waals surface area contributed by atoms with Gasteiger partial charge in [-0.2, -0.15) is 0 Å². The fourth-order valence-corrected chi connectivity index (χ4v) is 3.78. The van der Waals surface area contributed by atoms with Crippen molar-refractivity contribution in [3.63, 3.8) is 0 Å². The van der Waals surface area contributed by atoms with Gasteiger partial charge in [0.25, 0.3) is 5.94 Å². The molecule has 0 aliphatic carbocycles. The van der Waals surface area contributed by atoms with Crippen LogP contribution in [0.3, 0.4) is 0 Å². The number of carbonyl (C=O) groups is 1. The first-order chi connectivity index (χ1) is 8.62. The topological polar surface area (TPSA) is 26.3 Å². The number of esters is 1. The van der Waals surface area contributed by atoms with Crippen molar-refractivity contribution in [1.82, 2.24) is 0 Å². The molecule has 2 nitrogen and oxygen atoms in total. The highest BCUT2D eigenvalue weighted by molar-refractivity contribution is 7.96. The molecule has 0 radical (unpaired) electrons. The van der Waals surface area contributed by atoms with Gasteiger partial charge < -0.3 is 4.74 Å². The summed E-state index contributed by atoms with van der Waals surface area (Å²) in [6.07, 6.45) is 2.12. The van der Waals surface area contributed by atoms with Gasteiger partial charge in [-0.1, -0.05) is 20.8 Å². The largest absolute Gasteiger partial charge is 0.418 e. The average Bonchev–Trinajstić information content (AvgIpc) is 2.22. The Labute approximate surface area is 119 Å². The summed E-state index contributed by atoms with van der Waals surface area (Å²) in [5, 5.41) is 0. The SMILES string of the molecule is CC(=O)OC[S+](C)c1cc(C)c(C(C)(C)C)c(C)c1. The van der Waals surface area contributed by atoms with E-state index in [2.05, 4.69) is 53.0 Å². The first-order valence-corrected chi connectivity index (χ1v) is 8.30. The first kappa shape index (κ1) is 16.1. The fraction of sp³-hybridized carbons (Fsp3) is 0.562. The fourth-order valence-electron chi connectivity index (χ4n) is 2.55. The number of aryl methyl sites for hydroxylation is 2. The summed E-state index contributed by atoms with van der Waals surface area (Å²) in [6.45, 7) is 12.5. The predicted molar refractivity (Wildman–Crippen MR) is 82.8 cm³/mol. The summed E-state index contributed by atoms with van der Waals surface area (Å²) in [5.74, 6) is 0.266. The summed E-state index contributed by atoms with van der Waals surface area (Å²) in [6, 6.07) is 4.47. The number of hydrogen-bond acceptors (Lipinski definition) is 2. The molecule has 3 heteroatoms. The van der Waals surface area contributed by atoms with Crippen LogP contribution in [0.4, 0.5) is 0 Å².